The zero-order valence-corrected chi connectivity index (χ0v) is 10.2. The van der Waals surface area contributed by atoms with E-state index in [2.05, 4.69) is 41.5 Å². The van der Waals surface area contributed by atoms with Gasteiger partial charge in [-0.2, -0.15) is 0 Å². The zero-order valence-electron chi connectivity index (χ0n) is 10.2. The summed E-state index contributed by atoms with van der Waals surface area (Å²) in [6.07, 6.45) is 4.66. The summed E-state index contributed by atoms with van der Waals surface area (Å²) >= 11 is 0. The van der Waals surface area contributed by atoms with Gasteiger partial charge in [-0.05, 0) is 49.1 Å². The lowest BCUT2D eigenvalue weighted by atomic mass is 10.0. The Bertz CT molecular complexity index is 496. The molecule has 2 N–H and O–H groups in total. The van der Waals surface area contributed by atoms with Crippen LogP contribution in [0.5, 0.6) is 0 Å². The minimum absolute atomic E-state index is 0.769. The fourth-order valence-corrected chi connectivity index (χ4v) is 2.12. The second-order valence-electron chi connectivity index (χ2n) is 4.89. The molecule has 0 radical (unpaired) electrons. The van der Waals surface area contributed by atoms with E-state index < -0.39 is 0 Å². The van der Waals surface area contributed by atoms with E-state index in [1.54, 1.807) is 0 Å². The van der Waals surface area contributed by atoms with E-state index in [0.717, 1.165) is 12.6 Å². The highest BCUT2D eigenvalue weighted by Crippen LogP contribution is 2.24. The quantitative estimate of drug-likeness (QED) is 0.823. The van der Waals surface area contributed by atoms with Gasteiger partial charge in [-0.1, -0.05) is 12.1 Å². The average molecular weight is 226 g/mol. The molecule has 2 nitrogen and oxygen atoms in total. The number of aromatic nitrogens is 1. The van der Waals surface area contributed by atoms with E-state index in [1.165, 1.54) is 35.2 Å². The molecule has 1 heterocycles. The highest BCUT2D eigenvalue weighted by Gasteiger charge is 2.19. The van der Waals surface area contributed by atoms with Crippen molar-refractivity contribution in [3.63, 3.8) is 0 Å². The smallest absolute Gasteiger partial charge is 0.0456 e. The number of H-pyrrole nitrogens is 1. The van der Waals surface area contributed by atoms with Crippen LogP contribution < -0.4 is 5.32 Å². The number of aromatic amines is 1. The summed E-state index contributed by atoms with van der Waals surface area (Å²) in [5, 5.41) is 3.55. The number of nitrogens with one attached hydrogen (secondary N) is 2. The van der Waals surface area contributed by atoms with Gasteiger partial charge in [-0.15, -0.1) is 0 Å². The maximum Gasteiger partial charge on any atom is 0.0456 e. The van der Waals surface area contributed by atoms with Gasteiger partial charge in [0, 0.05) is 30.0 Å². The van der Waals surface area contributed by atoms with Crippen LogP contribution >= 0.6 is 0 Å². The largest absolute Gasteiger partial charge is 0.361 e. The first-order valence-electron chi connectivity index (χ1n) is 6.29. The molecule has 0 amide bonds. The Labute approximate surface area is 102 Å². The minimum Gasteiger partial charge on any atom is -0.361 e. The van der Waals surface area contributed by atoms with Crippen LogP contribution in [0.15, 0.2) is 36.5 Å². The van der Waals surface area contributed by atoms with Gasteiger partial charge in [0.05, 0.1) is 0 Å². The Balaban J connectivity index is 1.83. The third kappa shape index (κ3) is 2.42. The maximum absolute atomic E-state index is 3.55. The lowest BCUT2D eigenvalue weighted by Gasteiger charge is -2.08. The van der Waals surface area contributed by atoms with Gasteiger partial charge in [0.2, 0.25) is 0 Å². The van der Waals surface area contributed by atoms with Crippen molar-refractivity contribution in [3.05, 3.63) is 47.7 Å². The second kappa shape index (κ2) is 4.38. The summed E-state index contributed by atoms with van der Waals surface area (Å²) in [7, 11) is 0. The third-order valence-corrected chi connectivity index (χ3v) is 3.36. The van der Waals surface area contributed by atoms with Crippen LogP contribution in [0.25, 0.3) is 11.3 Å². The molecule has 1 aliphatic carbocycles. The fraction of sp³-hybridized carbons (Fsp3) is 0.333. The number of rotatable bonds is 4. The van der Waals surface area contributed by atoms with Gasteiger partial charge in [0.1, 0.15) is 0 Å². The molecule has 0 saturated heterocycles. The molecule has 2 aromatic rings. The predicted molar refractivity (Wildman–Crippen MR) is 70.8 cm³/mol. The normalized spacial score (nSPS) is 15.1. The molecule has 1 saturated carbocycles. The predicted octanol–water partition coefficient (Wildman–Crippen LogP) is 3.24. The Morgan fingerprint density at radius 1 is 1.29 bits per heavy atom. The topological polar surface area (TPSA) is 27.8 Å². The molecule has 2 heteroatoms. The molecule has 1 aromatic heterocycles. The fourth-order valence-electron chi connectivity index (χ4n) is 2.12. The summed E-state index contributed by atoms with van der Waals surface area (Å²) < 4.78 is 0. The van der Waals surface area contributed by atoms with E-state index in [0.29, 0.717) is 0 Å². The number of aryl methyl sites for hydroxylation is 1. The van der Waals surface area contributed by atoms with Crippen molar-refractivity contribution >= 4 is 0 Å². The Morgan fingerprint density at radius 2 is 2.18 bits per heavy atom. The van der Waals surface area contributed by atoms with Crippen molar-refractivity contribution in [2.24, 2.45) is 0 Å². The molecule has 0 atom stereocenters. The van der Waals surface area contributed by atoms with Gasteiger partial charge >= 0.3 is 0 Å². The van der Waals surface area contributed by atoms with Crippen molar-refractivity contribution < 1.29 is 0 Å². The molecule has 17 heavy (non-hydrogen) atoms. The summed E-state index contributed by atoms with van der Waals surface area (Å²) in [6, 6.07) is 11.7. The summed E-state index contributed by atoms with van der Waals surface area (Å²) in [5.41, 5.74) is 5.20. The molecule has 0 spiro atoms. The van der Waals surface area contributed by atoms with Crippen LogP contribution in [0.4, 0.5) is 0 Å². The van der Waals surface area contributed by atoms with Crippen LogP contribution in [0.2, 0.25) is 0 Å². The molecule has 0 unspecified atom stereocenters. The molecular weight excluding hydrogens is 208 g/mol. The maximum atomic E-state index is 3.55. The van der Waals surface area contributed by atoms with Crippen molar-refractivity contribution in [2.45, 2.75) is 32.4 Å². The SMILES string of the molecule is Cc1ccc(CNC2CC2)cc1-c1ccc[nH]1. The van der Waals surface area contributed by atoms with Gasteiger partial charge in [-0.3, -0.25) is 0 Å². The Morgan fingerprint density at radius 3 is 2.88 bits per heavy atom. The van der Waals surface area contributed by atoms with Crippen LogP contribution in [0.1, 0.15) is 24.0 Å². The molecular formula is C15H18N2. The lowest BCUT2D eigenvalue weighted by molar-refractivity contribution is 0.688. The molecule has 1 fully saturated rings. The standard InChI is InChI=1S/C15H18N2/c1-11-4-5-12(10-17-13-6-7-13)9-14(11)15-3-2-8-16-15/h2-5,8-9,13,16-17H,6-7,10H2,1H3. The van der Waals surface area contributed by atoms with E-state index in [-0.39, 0.29) is 0 Å². The number of hydrogen-bond acceptors (Lipinski definition) is 1. The molecule has 0 bridgehead atoms. The van der Waals surface area contributed by atoms with E-state index >= 15 is 0 Å². The van der Waals surface area contributed by atoms with Gasteiger partial charge in [0.15, 0.2) is 0 Å². The highest BCUT2D eigenvalue weighted by molar-refractivity contribution is 5.64. The van der Waals surface area contributed by atoms with Gasteiger partial charge in [-0.25, -0.2) is 0 Å². The van der Waals surface area contributed by atoms with Crippen LogP contribution in [-0.4, -0.2) is 11.0 Å². The Hall–Kier alpha value is -1.54. The zero-order chi connectivity index (χ0) is 11.7. The third-order valence-electron chi connectivity index (χ3n) is 3.36. The first-order chi connectivity index (χ1) is 8.33. The molecule has 88 valence electrons. The van der Waals surface area contributed by atoms with E-state index in [4.69, 9.17) is 0 Å². The average Bonchev–Trinajstić information content (AvgIpc) is 3.01. The number of hydrogen-bond donors (Lipinski definition) is 2. The van der Waals surface area contributed by atoms with Crippen molar-refractivity contribution in [1.82, 2.24) is 10.3 Å². The van der Waals surface area contributed by atoms with E-state index in [9.17, 15) is 0 Å². The van der Waals surface area contributed by atoms with Crippen molar-refractivity contribution in [2.75, 3.05) is 0 Å². The van der Waals surface area contributed by atoms with Crippen molar-refractivity contribution in [3.8, 4) is 11.3 Å². The van der Waals surface area contributed by atoms with Crippen LogP contribution in [-0.2, 0) is 6.54 Å². The van der Waals surface area contributed by atoms with Crippen LogP contribution in [0.3, 0.4) is 0 Å². The molecule has 1 aromatic carbocycles. The van der Waals surface area contributed by atoms with Crippen LogP contribution in [0, 0.1) is 6.92 Å². The molecule has 3 rings (SSSR count). The van der Waals surface area contributed by atoms with Crippen molar-refractivity contribution in [1.29, 1.82) is 0 Å². The monoisotopic (exact) mass is 226 g/mol. The lowest BCUT2D eigenvalue weighted by Crippen LogP contribution is -2.15. The second-order valence-corrected chi connectivity index (χ2v) is 4.89. The summed E-state index contributed by atoms with van der Waals surface area (Å²) in [5.74, 6) is 0. The van der Waals surface area contributed by atoms with Gasteiger partial charge < -0.3 is 10.3 Å². The molecule has 0 aliphatic heterocycles. The van der Waals surface area contributed by atoms with Gasteiger partial charge in [0.25, 0.3) is 0 Å². The summed E-state index contributed by atoms with van der Waals surface area (Å²) in [6.45, 7) is 3.15. The summed E-state index contributed by atoms with van der Waals surface area (Å²) in [4.78, 5) is 3.28. The first-order valence-corrected chi connectivity index (χ1v) is 6.29. The minimum atomic E-state index is 0.769. The molecule has 1 aliphatic rings. The first kappa shape index (κ1) is 10.6. The Kier molecular flexibility index (Phi) is 2.73. The van der Waals surface area contributed by atoms with E-state index in [1.807, 2.05) is 12.3 Å². The highest BCUT2D eigenvalue weighted by atomic mass is 14.9. The number of benzene rings is 1.